The first-order chi connectivity index (χ1) is 17.0. The Morgan fingerprint density at radius 1 is 1.03 bits per heavy atom. The number of carbonyl (C=O) groups is 2. The fraction of sp³-hybridized carbons (Fsp3) is 0.115. The maximum absolute atomic E-state index is 12.9. The third kappa shape index (κ3) is 7.35. The van der Waals surface area contributed by atoms with Gasteiger partial charge in [0.1, 0.15) is 17.4 Å². The van der Waals surface area contributed by atoms with Gasteiger partial charge in [0.15, 0.2) is 6.61 Å². The van der Waals surface area contributed by atoms with Gasteiger partial charge >= 0.3 is 6.18 Å². The molecule has 6 nitrogen and oxygen atoms in total. The zero-order valence-corrected chi connectivity index (χ0v) is 19.6. The third-order valence-corrected chi connectivity index (χ3v) is 5.04. The van der Waals surface area contributed by atoms with Crippen molar-refractivity contribution in [1.29, 1.82) is 5.26 Å². The van der Waals surface area contributed by atoms with Crippen molar-refractivity contribution in [2.75, 3.05) is 17.2 Å². The summed E-state index contributed by atoms with van der Waals surface area (Å²) in [6.45, 7) is 1.60. The van der Waals surface area contributed by atoms with Crippen LogP contribution in [-0.2, 0) is 15.8 Å². The molecule has 10 heteroatoms. The Labute approximate surface area is 210 Å². The molecule has 0 spiro atoms. The van der Waals surface area contributed by atoms with Gasteiger partial charge in [-0.05, 0) is 66.6 Å². The number of halogens is 4. The Balaban J connectivity index is 1.65. The number of benzene rings is 3. The molecule has 0 atom stereocenters. The molecule has 3 aromatic carbocycles. The Morgan fingerprint density at radius 3 is 2.36 bits per heavy atom. The minimum atomic E-state index is -4.57. The van der Waals surface area contributed by atoms with Crippen molar-refractivity contribution in [3.05, 3.63) is 94.0 Å². The number of hydrogen-bond acceptors (Lipinski definition) is 4. The fourth-order valence-electron chi connectivity index (χ4n) is 3.07. The molecule has 0 unspecified atom stereocenters. The molecule has 0 radical (unpaired) electrons. The van der Waals surface area contributed by atoms with E-state index in [9.17, 15) is 28.0 Å². The molecule has 0 aromatic heterocycles. The Morgan fingerprint density at radius 2 is 1.72 bits per heavy atom. The first-order valence-electron chi connectivity index (χ1n) is 10.4. The van der Waals surface area contributed by atoms with Gasteiger partial charge in [0, 0.05) is 11.4 Å². The molecule has 2 N–H and O–H groups in total. The molecule has 0 saturated heterocycles. The van der Waals surface area contributed by atoms with Gasteiger partial charge in [-0.2, -0.15) is 18.4 Å². The van der Waals surface area contributed by atoms with E-state index in [0.29, 0.717) is 11.3 Å². The Kier molecular flexibility index (Phi) is 8.35. The molecule has 184 valence electrons. The largest absolute Gasteiger partial charge is 0.482 e. The monoisotopic (exact) mass is 513 g/mol. The molecule has 0 aliphatic rings. The molecule has 0 bridgehead atoms. The number of rotatable bonds is 7. The van der Waals surface area contributed by atoms with Crippen LogP contribution in [0, 0.1) is 18.3 Å². The predicted molar refractivity (Wildman–Crippen MR) is 130 cm³/mol. The molecule has 2 amide bonds. The molecule has 0 aliphatic heterocycles. The van der Waals surface area contributed by atoms with Crippen LogP contribution in [0.4, 0.5) is 24.5 Å². The van der Waals surface area contributed by atoms with E-state index in [4.69, 9.17) is 16.3 Å². The molecule has 0 aliphatic carbocycles. The maximum atomic E-state index is 12.9. The second kappa shape index (κ2) is 11.4. The minimum Gasteiger partial charge on any atom is -0.482 e. The highest BCUT2D eigenvalue weighted by Crippen LogP contribution is 2.31. The SMILES string of the molecule is Cc1cccc(NC(=O)COc2ccc(/C=C(\C#N)C(=O)Nc3cccc(C(F)(F)F)c3)cc2Cl)c1. The first-order valence-corrected chi connectivity index (χ1v) is 10.8. The van der Waals surface area contributed by atoms with Gasteiger partial charge in [-0.25, -0.2) is 0 Å². The smallest absolute Gasteiger partial charge is 0.416 e. The van der Waals surface area contributed by atoms with Crippen molar-refractivity contribution in [2.45, 2.75) is 13.1 Å². The van der Waals surface area contributed by atoms with Crippen LogP contribution in [0.15, 0.2) is 72.3 Å². The summed E-state index contributed by atoms with van der Waals surface area (Å²) in [6, 6.07) is 17.4. The van der Waals surface area contributed by atoms with E-state index in [1.807, 2.05) is 25.1 Å². The van der Waals surface area contributed by atoms with Crippen molar-refractivity contribution in [2.24, 2.45) is 0 Å². The van der Waals surface area contributed by atoms with E-state index in [0.717, 1.165) is 23.8 Å². The number of anilines is 2. The first kappa shape index (κ1) is 26.3. The lowest BCUT2D eigenvalue weighted by Gasteiger charge is -2.10. The molecule has 3 rings (SSSR count). The summed E-state index contributed by atoms with van der Waals surface area (Å²) in [5.74, 6) is -1.07. The van der Waals surface area contributed by atoms with Gasteiger partial charge in [0.2, 0.25) is 0 Å². The number of hydrogen-bond donors (Lipinski definition) is 2. The number of ether oxygens (including phenoxy) is 1. The highest BCUT2D eigenvalue weighted by atomic mass is 35.5. The molecular weight excluding hydrogens is 495 g/mol. The van der Waals surface area contributed by atoms with Crippen LogP contribution >= 0.6 is 11.6 Å². The van der Waals surface area contributed by atoms with E-state index >= 15 is 0 Å². The van der Waals surface area contributed by atoms with Gasteiger partial charge in [-0.15, -0.1) is 0 Å². The second-order valence-corrected chi connectivity index (χ2v) is 8.01. The van der Waals surface area contributed by atoms with Crippen LogP contribution in [0.3, 0.4) is 0 Å². The number of nitriles is 1. The average molecular weight is 514 g/mol. The topological polar surface area (TPSA) is 91.2 Å². The average Bonchev–Trinajstić information content (AvgIpc) is 2.81. The highest BCUT2D eigenvalue weighted by Gasteiger charge is 2.30. The molecule has 0 heterocycles. The van der Waals surface area contributed by atoms with Crippen LogP contribution in [0.25, 0.3) is 6.08 Å². The van der Waals surface area contributed by atoms with Gasteiger partial charge in [0.05, 0.1) is 10.6 Å². The van der Waals surface area contributed by atoms with Gasteiger partial charge in [0.25, 0.3) is 11.8 Å². The summed E-state index contributed by atoms with van der Waals surface area (Å²) >= 11 is 6.21. The van der Waals surface area contributed by atoms with Crippen LogP contribution in [-0.4, -0.2) is 18.4 Å². The third-order valence-electron chi connectivity index (χ3n) is 4.74. The number of alkyl halides is 3. The lowest BCUT2D eigenvalue weighted by Crippen LogP contribution is -2.20. The number of carbonyl (C=O) groups excluding carboxylic acids is 2. The minimum absolute atomic E-state index is 0.110. The number of aryl methyl sites for hydroxylation is 1. The van der Waals surface area contributed by atoms with Crippen LogP contribution < -0.4 is 15.4 Å². The van der Waals surface area contributed by atoms with E-state index in [2.05, 4.69) is 10.6 Å². The highest BCUT2D eigenvalue weighted by molar-refractivity contribution is 6.32. The molecule has 3 aromatic rings. The zero-order chi connectivity index (χ0) is 26.3. The zero-order valence-electron chi connectivity index (χ0n) is 18.8. The summed E-state index contributed by atoms with van der Waals surface area (Å²) in [4.78, 5) is 24.6. The van der Waals surface area contributed by atoms with Gasteiger partial charge in [-0.1, -0.05) is 35.9 Å². The van der Waals surface area contributed by atoms with Crippen molar-refractivity contribution in [3.8, 4) is 11.8 Å². The van der Waals surface area contributed by atoms with Crippen molar-refractivity contribution in [1.82, 2.24) is 0 Å². The standard InChI is InChI=1S/C26H19ClF3N3O3/c1-16-4-2-6-20(10-16)32-24(34)15-36-23-9-8-17(12-22(23)27)11-18(14-31)25(35)33-21-7-3-5-19(13-21)26(28,29)30/h2-13H,15H2,1H3,(H,32,34)(H,33,35)/b18-11+. The summed E-state index contributed by atoms with van der Waals surface area (Å²) in [5.41, 5.74) is 0.588. The van der Waals surface area contributed by atoms with E-state index < -0.39 is 23.6 Å². The van der Waals surface area contributed by atoms with Crippen LogP contribution in [0.1, 0.15) is 16.7 Å². The summed E-state index contributed by atoms with van der Waals surface area (Å²) in [5, 5.41) is 14.5. The second-order valence-electron chi connectivity index (χ2n) is 7.60. The Hall–Kier alpha value is -4.29. The normalized spacial score (nSPS) is 11.4. The summed E-state index contributed by atoms with van der Waals surface area (Å²) in [6.07, 6.45) is -3.35. The van der Waals surface area contributed by atoms with Gasteiger partial charge < -0.3 is 15.4 Å². The van der Waals surface area contributed by atoms with E-state index in [1.165, 1.54) is 30.3 Å². The van der Waals surface area contributed by atoms with Crippen LogP contribution in [0.5, 0.6) is 5.75 Å². The number of nitrogens with zero attached hydrogens (tertiary/aromatic N) is 1. The Bertz CT molecular complexity index is 1360. The maximum Gasteiger partial charge on any atom is 0.416 e. The van der Waals surface area contributed by atoms with E-state index in [1.54, 1.807) is 12.1 Å². The van der Waals surface area contributed by atoms with Crippen molar-refractivity contribution >= 4 is 40.9 Å². The molecule has 0 fully saturated rings. The molecular formula is C26H19ClF3N3O3. The lowest BCUT2D eigenvalue weighted by molar-refractivity contribution is -0.137. The summed E-state index contributed by atoms with van der Waals surface area (Å²) in [7, 11) is 0. The number of nitrogens with one attached hydrogen (secondary N) is 2. The van der Waals surface area contributed by atoms with Crippen molar-refractivity contribution < 1.29 is 27.5 Å². The van der Waals surface area contributed by atoms with Crippen molar-refractivity contribution in [3.63, 3.8) is 0 Å². The predicted octanol–water partition coefficient (Wildman–Crippen LogP) is 6.23. The fourth-order valence-corrected chi connectivity index (χ4v) is 3.32. The summed E-state index contributed by atoms with van der Waals surface area (Å²) < 4.78 is 44.1. The lowest BCUT2D eigenvalue weighted by atomic mass is 10.1. The van der Waals surface area contributed by atoms with E-state index in [-0.39, 0.29) is 28.6 Å². The van der Waals surface area contributed by atoms with Gasteiger partial charge in [-0.3, -0.25) is 9.59 Å². The quantitative estimate of drug-likeness (QED) is 0.289. The molecule has 36 heavy (non-hydrogen) atoms. The van der Waals surface area contributed by atoms with Crippen LogP contribution in [0.2, 0.25) is 5.02 Å². The molecule has 0 saturated carbocycles. The number of amides is 2.